The highest BCUT2D eigenvalue weighted by Gasteiger charge is 2.35. The fraction of sp³-hybridized carbons (Fsp3) is 0.481. The standard InChI is InChI=1S/C27H30F4N4O2/c1-15(18-6-5-9-22(24(18)28)27(29,30)31)32-26-21-12-23(35-10-11-37-17(13-35)14-36-3)19-7-4-8-20(19)25(21)33-16(2)34-26/h5-6,9,12,15,17H,4,7-8,10-11,13-14H2,1-3H3,(H,32,33,34)/t15?,17-/m1/s1. The Balaban J connectivity index is 1.57. The summed E-state index contributed by atoms with van der Waals surface area (Å²) in [5.41, 5.74) is 3.03. The molecule has 2 heterocycles. The Morgan fingerprint density at radius 1 is 1.22 bits per heavy atom. The van der Waals surface area contributed by atoms with Gasteiger partial charge in [-0.05, 0) is 56.4 Å². The van der Waals surface area contributed by atoms with Gasteiger partial charge in [-0.2, -0.15) is 13.2 Å². The first-order chi connectivity index (χ1) is 17.7. The molecule has 0 saturated carbocycles. The lowest BCUT2D eigenvalue weighted by atomic mass is 10.0. The summed E-state index contributed by atoms with van der Waals surface area (Å²) in [5.74, 6) is -0.256. The highest BCUT2D eigenvalue weighted by atomic mass is 19.4. The summed E-state index contributed by atoms with van der Waals surface area (Å²) < 4.78 is 65.9. The molecular formula is C27H30F4N4O2. The first-order valence-corrected chi connectivity index (χ1v) is 12.5. The van der Waals surface area contributed by atoms with Crippen LogP contribution in [0.25, 0.3) is 10.9 Å². The molecule has 5 rings (SSSR count). The van der Waals surface area contributed by atoms with Crippen molar-refractivity contribution in [1.29, 1.82) is 0 Å². The molecule has 1 aliphatic carbocycles. The monoisotopic (exact) mass is 518 g/mol. The van der Waals surface area contributed by atoms with E-state index in [1.54, 1.807) is 21.0 Å². The van der Waals surface area contributed by atoms with Gasteiger partial charge >= 0.3 is 6.18 Å². The van der Waals surface area contributed by atoms with Crippen molar-refractivity contribution in [3.63, 3.8) is 0 Å². The summed E-state index contributed by atoms with van der Waals surface area (Å²) in [4.78, 5) is 11.6. The number of nitrogens with one attached hydrogen (secondary N) is 1. The lowest BCUT2D eigenvalue weighted by Crippen LogP contribution is -2.44. The fourth-order valence-corrected chi connectivity index (χ4v) is 5.46. The summed E-state index contributed by atoms with van der Waals surface area (Å²) in [6.45, 7) is 5.93. The molecule has 2 aliphatic rings. The van der Waals surface area contributed by atoms with Crippen LogP contribution >= 0.6 is 0 Å². The number of rotatable bonds is 6. The molecule has 1 fully saturated rings. The number of aromatic nitrogens is 2. The number of fused-ring (bicyclic) bond motifs is 3. The minimum absolute atomic E-state index is 0.0396. The topological polar surface area (TPSA) is 59.5 Å². The van der Waals surface area contributed by atoms with Crippen LogP contribution in [-0.2, 0) is 28.5 Å². The van der Waals surface area contributed by atoms with Crippen molar-refractivity contribution in [2.75, 3.05) is 43.6 Å². The molecule has 1 N–H and O–H groups in total. The number of hydrogen-bond acceptors (Lipinski definition) is 6. The van der Waals surface area contributed by atoms with Crippen LogP contribution in [0.2, 0.25) is 0 Å². The molecule has 10 heteroatoms. The average Bonchev–Trinajstić information content (AvgIpc) is 3.34. The minimum atomic E-state index is -4.77. The highest BCUT2D eigenvalue weighted by Crippen LogP contribution is 2.40. The maximum atomic E-state index is 14.9. The molecule has 0 bridgehead atoms. The maximum Gasteiger partial charge on any atom is 0.419 e. The molecule has 0 radical (unpaired) electrons. The largest absolute Gasteiger partial charge is 0.419 e. The Hall–Kier alpha value is -2.98. The van der Waals surface area contributed by atoms with Crippen molar-refractivity contribution >= 4 is 22.4 Å². The van der Waals surface area contributed by atoms with Gasteiger partial charge < -0.3 is 19.7 Å². The number of hydrogen-bond donors (Lipinski definition) is 1. The van der Waals surface area contributed by atoms with Gasteiger partial charge in [0.15, 0.2) is 0 Å². The van der Waals surface area contributed by atoms with E-state index in [1.165, 1.54) is 23.3 Å². The number of nitrogens with zero attached hydrogens (tertiary/aromatic N) is 3. The van der Waals surface area contributed by atoms with Gasteiger partial charge in [0.2, 0.25) is 0 Å². The second-order valence-corrected chi connectivity index (χ2v) is 9.69. The molecule has 0 amide bonds. The van der Waals surface area contributed by atoms with E-state index in [4.69, 9.17) is 14.5 Å². The van der Waals surface area contributed by atoms with E-state index in [9.17, 15) is 17.6 Å². The fourth-order valence-electron chi connectivity index (χ4n) is 5.46. The minimum Gasteiger partial charge on any atom is -0.382 e. The number of anilines is 2. The van der Waals surface area contributed by atoms with E-state index in [-0.39, 0.29) is 11.7 Å². The molecule has 2 atom stereocenters. The molecule has 1 unspecified atom stereocenters. The number of methoxy groups -OCH3 is 1. The molecule has 1 saturated heterocycles. The molecule has 1 aromatic heterocycles. The van der Waals surface area contributed by atoms with Crippen molar-refractivity contribution in [1.82, 2.24) is 9.97 Å². The molecule has 37 heavy (non-hydrogen) atoms. The molecular weight excluding hydrogens is 488 g/mol. The second-order valence-electron chi connectivity index (χ2n) is 9.69. The maximum absolute atomic E-state index is 14.9. The van der Waals surface area contributed by atoms with Gasteiger partial charge in [0.1, 0.15) is 17.5 Å². The van der Waals surface area contributed by atoms with Crippen LogP contribution in [0, 0.1) is 12.7 Å². The third-order valence-electron chi connectivity index (χ3n) is 7.14. The van der Waals surface area contributed by atoms with Crippen LogP contribution in [0.15, 0.2) is 24.3 Å². The van der Waals surface area contributed by atoms with Crippen LogP contribution in [0.4, 0.5) is 29.1 Å². The normalized spacial score (nSPS) is 18.8. The third kappa shape index (κ3) is 4.96. The van der Waals surface area contributed by atoms with Crippen LogP contribution in [-0.4, -0.2) is 49.5 Å². The van der Waals surface area contributed by atoms with Crippen molar-refractivity contribution in [2.45, 2.75) is 51.4 Å². The van der Waals surface area contributed by atoms with E-state index in [0.717, 1.165) is 48.5 Å². The van der Waals surface area contributed by atoms with Crippen LogP contribution < -0.4 is 10.2 Å². The van der Waals surface area contributed by atoms with Gasteiger partial charge in [0.05, 0.1) is 36.4 Å². The van der Waals surface area contributed by atoms with Gasteiger partial charge in [-0.3, -0.25) is 0 Å². The molecule has 2 aromatic carbocycles. The number of alkyl halides is 3. The Bertz CT molecular complexity index is 1310. The van der Waals surface area contributed by atoms with Gasteiger partial charge in [-0.25, -0.2) is 14.4 Å². The first-order valence-electron chi connectivity index (χ1n) is 12.5. The molecule has 6 nitrogen and oxygen atoms in total. The first kappa shape index (κ1) is 25.7. The van der Waals surface area contributed by atoms with Crippen molar-refractivity contribution < 1.29 is 27.0 Å². The van der Waals surface area contributed by atoms with E-state index in [1.807, 2.05) is 0 Å². The van der Waals surface area contributed by atoms with Gasteiger partial charge in [-0.15, -0.1) is 0 Å². The van der Waals surface area contributed by atoms with Crippen LogP contribution in [0.3, 0.4) is 0 Å². The number of benzene rings is 2. The number of morpholine rings is 1. The van der Waals surface area contributed by atoms with E-state index in [0.29, 0.717) is 31.4 Å². The summed E-state index contributed by atoms with van der Waals surface area (Å²) in [6.07, 6.45) is -1.96. The van der Waals surface area contributed by atoms with Gasteiger partial charge in [-0.1, -0.05) is 12.1 Å². The zero-order chi connectivity index (χ0) is 26.3. The Morgan fingerprint density at radius 2 is 2.00 bits per heavy atom. The van der Waals surface area contributed by atoms with E-state index < -0.39 is 23.6 Å². The second kappa shape index (κ2) is 10.1. The Kier molecular flexibility index (Phi) is 6.97. The van der Waals surface area contributed by atoms with Crippen molar-refractivity contribution in [3.8, 4) is 0 Å². The van der Waals surface area contributed by atoms with E-state index in [2.05, 4.69) is 21.3 Å². The Labute approximate surface area is 213 Å². The summed E-state index contributed by atoms with van der Waals surface area (Å²) in [5, 5.41) is 3.96. The van der Waals surface area contributed by atoms with Gasteiger partial charge in [0, 0.05) is 36.8 Å². The smallest absolute Gasteiger partial charge is 0.382 e. The highest BCUT2D eigenvalue weighted by molar-refractivity contribution is 5.96. The number of halogens is 4. The summed E-state index contributed by atoms with van der Waals surface area (Å²) in [7, 11) is 1.65. The number of aryl methyl sites for hydroxylation is 2. The van der Waals surface area contributed by atoms with E-state index >= 15 is 0 Å². The summed E-state index contributed by atoms with van der Waals surface area (Å²) >= 11 is 0. The zero-order valence-electron chi connectivity index (χ0n) is 21.1. The van der Waals surface area contributed by atoms with Crippen LogP contribution in [0.1, 0.15) is 47.5 Å². The van der Waals surface area contributed by atoms with Crippen molar-refractivity contribution in [3.05, 3.63) is 58.2 Å². The lowest BCUT2D eigenvalue weighted by Gasteiger charge is -2.35. The molecule has 198 valence electrons. The SMILES string of the molecule is COC[C@H]1CN(c2cc3c(NC(C)c4cccc(C(F)(F)F)c4F)nc(C)nc3c3c2CCC3)CCO1. The molecule has 3 aromatic rings. The molecule has 1 aliphatic heterocycles. The van der Waals surface area contributed by atoms with Crippen LogP contribution in [0.5, 0.6) is 0 Å². The molecule has 0 spiro atoms. The van der Waals surface area contributed by atoms with Crippen molar-refractivity contribution in [2.24, 2.45) is 0 Å². The predicted octanol–water partition coefficient (Wildman–Crippen LogP) is 5.61. The third-order valence-corrected chi connectivity index (χ3v) is 7.14. The summed E-state index contributed by atoms with van der Waals surface area (Å²) in [6, 6.07) is 4.65. The quantitative estimate of drug-likeness (QED) is 0.428. The Morgan fingerprint density at radius 3 is 2.76 bits per heavy atom. The zero-order valence-corrected chi connectivity index (χ0v) is 21.1. The lowest BCUT2D eigenvalue weighted by molar-refractivity contribution is -0.140. The predicted molar refractivity (Wildman–Crippen MR) is 134 cm³/mol. The van der Waals surface area contributed by atoms with Gasteiger partial charge in [0.25, 0.3) is 0 Å². The number of ether oxygens (including phenoxy) is 2. The average molecular weight is 519 g/mol.